The Kier molecular flexibility index (Phi) is 8.01. The number of benzene rings is 7. The molecule has 0 aliphatic rings. The average Bonchev–Trinajstić information content (AvgIpc) is 3.51. The number of nitrogens with zero attached hydrogens (tertiary/aromatic N) is 1. The molecule has 0 aliphatic heterocycles. The quantitative estimate of drug-likeness (QED) is 0.0883. The van der Waals surface area contributed by atoms with Crippen molar-refractivity contribution in [3.63, 3.8) is 0 Å². The van der Waals surface area contributed by atoms with E-state index in [1.807, 2.05) is 13.0 Å². The summed E-state index contributed by atoms with van der Waals surface area (Å²) in [5.74, 6) is 0. The summed E-state index contributed by atoms with van der Waals surface area (Å²) in [5, 5.41) is 7.94. The molecule has 0 amide bonds. The van der Waals surface area contributed by atoms with Gasteiger partial charge in [-0.1, -0.05) is 170 Å². The van der Waals surface area contributed by atoms with E-state index in [1.54, 1.807) is 0 Å². The molecule has 7 aromatic carbocycles. The van der Waals surface area contributed by atoms with E-state index in [4.69, 9.17) is 0 Å². The molecule has 0 N–H and O–H groups in total. The van der Waals surface area contributed by atoms with E-state index in [1.165, 1.54) is 59.4 Å². The van der Waals surface area contributed by atoms with Gasteiger partial charge in [0.2, 0.25) is 0 Å². The van der Waals surface area contributed by atoms with Crippen LogP contribution in [0.15, 0.2) is 201 Å². The van der Waals surface area contributed by atoms with Crippen LogP contribution in [-0.4, -0.2) is 12.6 Å². The van der Waals surface area contributed by atoms with Crippen molar-refractivity contribution in [2.45, 2.75) is 6.92 Å². The lowest BCUT2D eigenvalue weighted by molar-refractivity contribution is 1.18. The zero-order valence-corrected chi connectivity index (χ0v) is 28.6. The Morgan fingerprint density at radius 2 is 0.980 bits per heavy atom. The van der Waals surface area contributed by atoms with Gasteiger partial charge in [-0.25, -0.2) is 0 Å². The first kappa shape index (κ1) is 30.4. The third kappa shape index (κ3) is 5.27. The number of hydrogen-bond acceptors (Lipinski definition) is 0. The Bertz CT molecular complexity index is 2380. The third-order valence-corrected chi connectivity index (χ3v) is 14.5. The summed E-state index contributed by atoms with van der Waals surface area (Å²) in [7, 11) is -2.83. The number of rotatable bonds is 8. The fraction of sp³-hybridized carbons (Fsp3) is 0.0213. The average molecular weight is 644 g/mol. The van der Waals surface area contributed by atoms with Gasteiger partial charge in [-0.2, -0.15) is 0 Å². The predicted molar refractivity (Wildman–Crippen MR) is 214 cm³/mol. The Labute approximate surface area is 289 Å². The van der Waals surface area contributed by atoms with Crippen molar-refractivity contribution in [2.24, 2.45) is 0 Å². The van der Waals surface area contributed by atoms with Crippen molar-refractivity contribution < 1.29 is 0 Å². The molecule has 0 atom stereocenters. The summed E-state index contributed by atoms with van der Waals surface area (Å²) in [5.41, 5.74) is 8.14. The van der Waals surface area contributed by atoms with E-state index in [0.717, 1.165) is 11.1 Å². The Balaban J connectivity index is 1.41. The largest absolute Gasteiger partial charge is 0.309 e. The topological polar surface area (TPSA) is 4.93 Å². The molecule has 0 bridgehead atoms. The maximum Gasteiger partial charge on any atom is 0.179 e. The van der Waals surface area contributed by atoms with Crippen LogP contribution in [0.2, 0.25) is 0 Å². The highest BCUT2D eigenvalue weighted by Gasteiger charge is 2.41. The van der Waals surface area contributed by atoms with E-state index in [2.05, 4.69) is 199 Å². The van der Waals surface area contributed by atoms with Crippen molar-refractivity contribution in [3.8, 4) is 16.8 Å². The van der Waals surface area contributed by atoms with Crippen molar-refractivity contribution >= 4 is 56.2 Å². The molecule has 1 heterocycles. The second-order valence-electron chi connectivity index (χ2n) is 12.6. The summed E-state index contributed by atoms with van der Waals surface area (Å²) in [6.45, 7) is 6.34. The number of para-hydroxylation sites is 2. The summed E-state index contributed by atoms with van der Waals surface area (Å²) in [6, 6.07) is 67.2. The second kappa shape index (κ2) is 12.9. The van der Waals surface area contributed by atoms with E-state index >= 15 is 0 Å². The zero-order chi connectivity index (χ0) is 33.2. The van der Waals surface area contributed by atoms with Gasteiger partial charge in [-0.15, -0.1) is 0 Å². The Hall–Kier alpha value is -5.96. The van der Waals surface area contributed by atoms with Crippen LogP contribution in [0, 0.1) is 0 Å². The number of hydrogen-bond donors (Lipinski definition) is 0. The van der Waals surface area contributed by atoms with Crippen LogP contribution >= 0.6 is 0 Å². The molecule has 8 rings (SSSR count). The highest BCUT2D eigenvalue weighted by Crippen LogP contribution is 2.32. The van der Waals surface area contributed by atoms with Gasteiger partial charge >= 0.3 is 0 Å². The molecule has 0 spiro atoms. The smallest absolute Gasteiger partial charge is 0.179 e. The number of fused-ring (bicyclic) bond motifs is 3. The second-order valence-corrected chi connectivity index (χ2v) is 16.4. The molecule has 1 aromatic heterocycles. The standard InChI is InChI=1S/C47H37NSi/c1-3-17-35(2)36-18-14-19-37(32-36)38-20-15-26-42(33-38)49(40-22-6-4-7-23-40,41-24-8-5-9-25-41)43-27-16-21-39(34-43)48-46-30-12-10-28-44(46)45-29-11-13-31-47(45)48/h3-34H,2H2,1H3. The first-order valence-electron chi connectivity index (χ1n) is 16.9. The molecule has 0 fully saturated rings. The van der Waals surface area contributed by atoms with Gasteiger partial charge in [-0.3, -0.25) is 0 Å². The normalized spacial score (nSPS) is 11.8. The lowest BCUT2D eigenvalue weighted by Crippen LogP contribution is -2.74. The molecular formula is C47H37NSi. The van der Waals surface area contributed by atoms with Crippen LogP contribution in [-0.2, 0) is 0 Å². The fourth-order valence-corrected chi connectivity index (χ4v) is 12.4. The zero-order valence-electron chi connectivity index (χ0n) is 27.6. The minimum atomic E-state index is -2.83. The molecule has 2 heteroatoms. The first-order chi connectivity index (χ1) is 24.2. The van der Waals surface area contributed by atoms with Gasteiger partial charge in [0.1, 0.15) is 0 Å². The van der Waals surface area contributed by atoms with Gasteiger partial charge in [0.25, 0.3) is 0 Å². The number of allylic oxidation sites excluding steroid dienone is 3. The Morgan fingerprint density at radius 3 is 1.59 bits per heavy atom. The maximum absolute atomic E-state index is 4.31. The lowest BCUT2D eigenvalue weighted by Gasteiger charge is -2.35. The van der Waals surface area contributed by atoms with Gasteiger partial charge in [-0.05, 0) is 80.3 Å². The molecule has 0 aliphatic carbocycles. The van der Waals surface area contributed by atoms with Gasteiger partial charge in [0, 0.05) is 16.5 Å². The molecule has 8 aromatic rings. The number of aromatic nitrogens is 1. The Morgan fingerprint density at radius 1 is 0.490 bits per heavy atom. The summed E-state index contributed by atoms with van der Waals surface area (Å²) in [4.78, 5) is 0. The van der Waals surface area contributed by atoms with Crippen molar-refractivity contribution in [2.75, 3.05) is 0 Å². The maximum atomic E-state index is 4.31. The first-order valence-corrected chi connectivity index (χ1v) is 18.9. The van der Waals surface area contributed by atoms with E-state index in [9.17, 15) is 0 Å². The van der Waals surface area contributed by atoms with E-state index < -0.39 is 8.07 Å². The van der Waals surface area contributed by atoms with Crippen LogP contribution in [0.5, 0.6) is 0 Å². The summed E-state index contributed by atoms with van der Waals surface area (Å²) in [6.07, 6.45) is 4.12. The molecule has 49 heavy (non-hydrogen) atoms. The van der Waals surface area contributed by atoms with E-state index in [-0.39, 0.29) is 0 Å². The van der Waals surface area contributed by atoms with E-state index in [0.29, 0.717) is 0 Å². The molecule has 1 nitrogen and oxygen atoms in total. The monoisotopic (exact) mass is 643 g/mol. The highest BCUT2D eigenvalue weighted by molar-refractivity contribution is 7.20. The van der Waals surface area contributed by atoms with Crippen LogP contribution in [0.4, 0.5) is 0 Å². The van der Waals surface area contributed by atoms with Gasteiger partial charge in [0.05, 0.1) is 11.0 Å². The molecular weight excluding hydrogens is 607 g/mol. The minimum absolute atomic E-state index is 1.01. The van der Waals surface area contributed by atoms with Crippen LogP contribution in [0.3, 0.4) is 0 Å². The third-order valence-electron chi connectivity index (χ3n) is 9.76. The minimum Gasteiger partial charge on any atom is -0.309 e. The van der Waals surface area contributed by atoms with Gasteiger partial charge < -0.3 is 4.57 Å². The summed E-state index contributed by atoms with van der Waals surface area (Å²) < 4.78 is 2.43. The van der Waals surface area contributed by atoms with Crippen LogP contribution in [0.1, 0.15) is 12.5 Å². The van der Waals surface area contributed by atoms with Gasteiger partial charge in [0.15, 0.2) is 8.07 Å². The predicted octanol–water partition coefficient (Wildman–Crippen LogP) is 9.42. The molecule has 0 saturated carbocycles. The van der Waals surface area contributed by atoms with Crippen LogP contribution < -0.4 is 20.7 Å². The lowest BCUT2D eigenvalue weighted by atomic mass is 9.99. The molecule has 234 valence electrons. The van der Waals surface area contributed by atoms with Crippen molar-refractivity contribution in [1.82, 2.24) is 4.57 Å². The van der Waals surface area contributed by atoms with Crippen LogP contribution in [0.25, 0.3) is 44.2 Å². The fourth-order valence-electron chi connectivity index (χ4n) is 7.58. The molecule has 0 saturated heterocycles. The van der Waals surface area contributed by atoms with Crippen molar-refractivity contribution in [1.29, 1.82) is 0 Å². The SMILES string of the molecule is C=C(C=CC)c1cccc(-c2cccc([Si](c3ccccc3)(c3ccccc3)c3cccc(-n4c5ccccc5c5ccccc54)c3)c2)c1. The summed E-state index contributed by atoms with van der Waals surface area (Å²) >= 11 is 0. The molecule has 0 unspecified atom stereocenters. The van der Waals surface area contributed by atoms with Crippen molar-refractivity contribution in [3.05, 3.63) is 206 Å². The molecule has 0 radical (unpaired) electrons. The highest BCUT2D eigenvalue weighted by atomic mass is 28.3.